The summed E-state index contributed by atoms with van der Waals surface area (Å²) in [5.74, 6) is -1.30. The molecule has 164 valence electrons. The first kappa shape index (κ1) is 22.3. The molecule has 0 aliphatic heterocycles. The lowest BCUT2D eigenvalue weighted by Crippen LogP contribution is -2.41. The molecule has 0 saturated carbocycles. The van der Waals surface area contributed by atoms with E-state index < -0.39 is 24.1 Å². The summed E-state index contributed by atoms with van der Waals surface area (Å²) in [5, 5.41) is 14.2. The molecule has 2 aromatic carbocycles. The van der Waals surface area contributed by atoms with Crippen LogP contribution in [0.25, 0.3) is 11.1 Å². The van der Waals surface area contributed by atoms with Crippen molar-refractivity contribution in [3.8, 4) is 11.1 Å². The second-order valence-electron chi connectivity index (χ2n) is 7.85. The highest BCUT2D eigenvalue weighted by atomic mass is 16.5. The van der Waals surface area contributed by atoms with E-state index >= 15 is 0 Å². The van der Waals surface area contributed by atoms with Crippen LogP contribution in [0.1, 0.15) is 50.2 Å². The molecule has 0 spiro atoms. The van der Waals surface area contributed by atoms with Crippen molar-refractivity contribution in [2.75, 3.05) is 6.61 Å². The Labute approximate surface area is 181 Å². The van der Waals surface area contributed by atoms with Crippen LogP contribution in [0.3, 0.4) is 0 Å². The van der Waals surface area contributed by atoms with Crippen LogP contribution >= 0.6 is 0 Å². The summed E-state index contributed by atoms with van der Waals surface area (Å²) in [7, 11) is 0. The van der Waals surface area contributed by atoms with Gasteiger partial charge in [-0.05, 0) is 35.6 Å². The van der Waals surface area contributed by atoms with Crippen molar-refractivity contribution in [3.63, 3.8) is 0 Å². The zero-order chi connectivity index (χ0) is 22.4. The van der Waals surface area contributed by atoms with Crippen LogP contribution in [0.15, 0.2) is 48.5 Å². The van der Waals surface area contributed by atoms with Gasteiger partial charge in [-0.2, -0.15) is 0 Å². The van der Waals surface area contributed by atoms with Gasteiger partial charge in [-0.1, -0.05) is 55.5 Å². The fraction of sp³-hybridized carbons (Fsp3) is 0.375. The molecular weight excluding hydrogens is 396 g/mol. The minimum absolute atomic E-state index is 0.0296. The molecule has 0 bridgehead atoms. The molecular formula is C24H28N2O5. The van der Waals surface area contributed by atoms with E-state index in [1.54, 1.807) is 6.92 Å². The van der Waals surface area contributed by atoms with Crippen LogP contribution in [0.2, 0.25) is 0 Å². The lowest BCUT2D eigenvalue weighted by molar-refractivity contribution is -0.137. The third-order valence-electron chi connectivity index (χ3n) is 5.48. The zero-order valence-corrected chi connectivity index (χ0v) is 17.8. The van der Waals surface area contributed by atoms with Crippen LogP contribution < -0.4 is 10.6 Å². The number of aliphatic carboxylic acids is 1. The highest BCUT2D eigenvalue weighted by Gasteiger charge is 2.29. The quantitative estimate of drug-likeness (QED) is 0.570. The largest absolute Gasteiger partial charge is 0.481 e. The fourth-order valence-electron chi connectivity index (χ4n) is 3.97. The van der Waals surface area contributed by atoms with E-state index in [1.807, 2.05) is 31.2 Å². The molecule has 7 heteroatoms. The highest BCUT2D eigenvalue weighted by molar-refractivity contribution is 5.80. The molecule has 0 unspecified atom stereocenters. The van der Waals surface area contributed by atoms with Crippen LogP contribution in [0.4, 0.5) is 4.79 Å². The molecule has 3 N–H and O–H groups in total. The molecule has 31 heavy (non-hydrogen) atoms. The van der Waals surface area contributed by atoms with Gasteiger partial charge in [0, 0.05) is 24.4 Å². The van der Waals surface area contributed by atoms with Crippen molar-refractivity contribution in [1.29, 1.82) is 0 Å². The first-order valence-corrected chi connectivity index (χ1v) is 10.5. The Bertz CT molecular complexity index is 913. The number of amides is 2. The number of carboxylic acid groups (broad SMARTS) is 1. The number of hydrogen-bond donors (Lipinski definition) is 3. The van der Waals surface area contributed by atoms with Crippen molar-refractivity contribution in [1.82, 2.24) is 10.6 Å². The van der Waals surface area contributed by atoms with Gasteiger partial charge >= 0.3 is 12.1 Å². The summed E-state index contributed by atoms with van der Waals surface area (Å²) >= 11 is 0. The van der Waals surface area contributed by atoms with E-state index in [0.717, 1.165) is 22.3 Å². The highest BCUT2D eigenvalue weighted by Crippen LogP contribution is 2.44. The molecule has 2 aromatic rings. The SMILES string of the molecule is CC[C@H](CC(=O)O)NC(=O)C[C@H](C)NC(=O)OCC1c2ccccc2-c2ccccc21. The molecule has 3 rings (SSSR count). The van der Waals surface area contributed by atoms with Gasteiger partial charge in [0.15, 0.2) is 0 Å². The Kier molecular flexibility index (Phi) is 7.28. The maximum atomic E-state index is 12.3. The molecule has 2 amide bonds. The summed E-state index contributed by atoms with van der Waals surface area (Å²) in [5.41, 5.74) is 4.58. The number of benzene rings is 2. The Hall–Kier alpha value is -3.35. The molecule has 0 fully saturated rings. The Morgan fingerprint density at radius 3 is 2.10 bits per heavy atom. The molecule has 7 nitrogen and oxygen atoms in total. The number of ether oxygens (including phenoxy) is 1. The summed E-state index contributed by atoms with van der Waals surface area (Å²) in [6.07, 6.45) is -0.150. The average Bonchev–Trinajstić information content (AvgIpc) is 3.05. The summed E-state index contributed by atoms with van der Waals surface area (Å²) < 4.78 is 5.49. The smallest absolute Gasteiger partial charge is 0.407 e. The van der Waals surface area contributed by atoms with Gasteiger partial charge in [0.25, 0.3) is 0 Å². The fourth-order valence-corrected chi connectivity index (χ4v) is 3.97. The zero-order valence-electron chi connectivity index (χ0n) is 17.8. The van der Waals surface area contributed by atoms with Gasteiger partial charge in [0.2, 0.25) is 5.91 Å². The van der Waals surface area contributed by atoms with Gasteiger partial charge in [0.1, 0.15) is 6.61 Å². The molecule has 2 atom stereocenters. The number of alkyl carbamates (subject to hydrolysis) is 1. The van der Waals surface area contributed by atoms with E-state index in [0.29, 0.717) is 6.42 Å². The number of carboxylic acids is 1. The van der Waals surface area contributed by atoms with Crippen molar-refractivity contribution < 1.29 is 24.2 Å². The number of nitrogens with one attached hydrogen (secondary N) is 2. The summed E-state index contributed by atoms with van der Waals surface area (Å²) in [6.45, 7) is 3.72. The molecule has 1 aliphatic carbocycles. The standard InChI is InChI=1S/C24H28N2O5/c1-3-16(13-23(28)29)26-22(27)12-15(2)25-24(30)31-14-21-19-10-6-4-8-17(19)18-9-5-7-11-20(18)21/h4-11,15-16,21H,3,12-14H2,1-2H3,(H,25,30)(H,26,27)(H,28,29)/t15-,16+/m0/s1. The van der Waals surface area contributed by atoms with Crippen LogP contribution in [0.5, 0.6) is 0 Å². The van der Waals surface area contributed by atoms with Gasteiger partial charge in [-0.15, -0.1) is 0 Å². The van der Waals surface area contributed by atoms with Crippen LogP contribution in [0, 0.1) is 0 Å². The van der Waals surface area contributed by atoms with Crippen molar-refractivity contribution in [2.45, 2.75) is 51.1 Å². The number of carbonyl (C=O) groups is 3. The lowest BCUT2D eigenvalue weighted by atomic mass is 9.98. The van der Waals surface area contributed by atoms with Crippen molar-refractivity contribution >= 4 is 18.0 Å². The number of carbonyl (C=O) groups excluding carboxylic acids is 2. The Morgan fingerprint density at radius 1 is 0.968 bits per heavy atom. The van der Waals surface area contributed by atoms with Gasteiger partial charge in [-0.25, -0.2) is 4.79 Å². The first-order chi connectivity index (χ1) is 14.9. The van der Waals surface area contributed by atoms with E-state index in [2.05, 4.69) is 34.9 Å². The van der Waals surface area contributed by atoms with Crippen molar-refractivity contribution in [2.24, 2.45) is 0 Å². The Morgan fingerprint density at radius 2 is 1.55 bits per heavy atom. The minimum atomic E-state index is -0.961. The second-order valence-corrected chi connectivity index (χ2v) is 7.85. The summed E-state index contributed by atoms with van der Waals surface area (Å²) in [6, 6.07) is 15.3. The van der Waals surface area contributed by atoms with Gasteiger partial charge in [-0.3, -0.25) is 9.59 Å². The lowest BCUT2D eigenvalue weighted by Gasteiger charge is -2.19. The van der Waals surface area contributed by atoms with E-state index in [-0.39, 0.29) is 31.3 Å². The van der Waals surface area contributed by atoms with E-state index in [1.165, 1.54) is 0 Å². The topological polar surface area (TPSA) is 105 Å². The number of fused-ring (bicyclic) bond motifs is 3. The maximum absolute atomic E-state index is 12.3. The minimum Gasteiger partial charge on any atom is -0.481 e. The molecule has 0 radical (unpaired) electrons. The second kappa shape index (κ2) is 10.1. The summed E-state index contributed by atoms with van der Waals surface area (Å²) in [4.78, 5) is 35.3. The third kappa shape index (κ3) is 5.63. The average molecular weight is 424 g/mol. The van der Waals surface area contributed by atoms with E-state index in [4.69, 9.17) is 9.84 Å². The molecule has 1 aliphatic rings. The van der Waals surface area contributed by atoms with Crippen LogP contribution in [-0.2, 0) is 14.3 Å². The third-order valence-corrected chi connectivity index (χ3v) is 5.48. The van der Waals surface area contributed by atoms with E-state index in [9.17, 15) is 14.4 Å². The number of hydrogen-bond acceptors (Lipinski definition) is 4. The molecule has 0 saturated heterocycles. The first-order valence-electron chi connectivity index (χ1n) is 10.5. The number of rotatable bonds is 9. The predicted octanol–water partition coefficient (Wildman–Crippen LogP) is 3.67. The van der Waals surface area contributed by atoms with Gasteiger partial charge in [0.05, 0.1) is 6.42 Å². The van der Waals surface area contributed by atoms with Gasteiger partial charge < -0.3 is 20.5 Å². The Balaban J connectivity index is 1.51. The van der Waals surface area contributed by atoms with Crippen molar-refractivity contribution in [3.05, 3.63) is 59.7 Å². The normalized spacial score (nSPS) is 14.1. The monoisotopic (exact) mass is 424 g/mol. The maximum Gasteiger partial charge on any atom is 0.407 e. The molecule has 0 aromatic heterocycles. The predicted molar refractivity (Wildman–Crippen MR) is 117 cm³/mol. The van der Waals surface area contributed by atoms with Crippen LogP contribution in [-0.4, -0.2) is 41.8 Å². The molecule has 0 heterocycles.